The first kappa shape index (κ1) is 25.3. The summed E-state index contributed by atoms with van der Waals surface area (Å²) in [6.07, 6.45) is 0. The Kier molecular flexibility index (Phi) is 7.21. The van der Waals surface area contributed by atoms with Crippen molar-refractivity contribution in [3.05, 3.63) is 185 Å². The molecular formula is C37H29NOSi. The molecule has 6 rings (SSSR count). The Morgan fingerprint density at radius 3 is 1.15 bits per heavy atom. The van der Waals surface area contributed by atoms with Crippen molar-refractivity contribution < 1.29 is 4.79 Å². The van der Waals surface area contributed by atoms with Crippen LogP contribution in [0.2, 0.25) is 0 Å². The fourth-order valence-corrected chi connectivity index (χ4v) is 9.35. The predicted molar refractivity (Wildman–Crippen MR) is 170 cm³/mol. The number of allylic oxidation sites excluding steroid dienone is 2. The fraction of sp³-hybridized carbons (Fsp3) is 0. The molecule has 0 bridgehead atoms. The molecule has 0 spiro atoms. The van der Waals surface area contributed by atoms with Gasteiger partial charge in [0.2, 0.25) is 5.91 Å². The highest BCUT2D eigenvalue weighted by Gasteiger charge is 2.37. The van der Waals surface area contributed by atoms with Gasteiger partial charge >= 0.3 is 0 Å². The first-order chi connectivity index (χ1) is 19.7. The van der Waals surface area contributed by atoms with Crippen LogP contribution in [0.25, 0.3) is 27.1 Å². The number of rotatable bonds is 7. The van der Waals surface area contributed by atoms with Gasteiger partial charge in [-0.15, -0.1) is 0 Å². The van der Waals surface area contributed by atoms with E-state index in [2.05, 4.69) is 127 Å². The van der Waals surface area contributed by atoms with Crippen molar-refractivity contribution >= 4 is 41.8 Å². The van der Waals surface area contributed by atoms with Crippen molar-refractivity contribution in [2.45, 2.75) is 0 Å². The molecule has 0 saturated heterocycles. The number of primary amides is 1. The Bertz CT molecular complexity index is 1620. The van der Waals surface area contributed by atoms with Crippen LogP contribution >= 0.6 is 0 Å². The molecule has 2 nitrogen and oxygen atoms in total. The van der Waals surface area contributed by atoms with Gasteiger partial charge in [-0.2, -0.15) is 0 Å². The van der Waals surface area contributed by atoms with Crippen LogP contribution in [0.5, 0.6) is 0 Å². The molecule has 3 heteroatoms. The van der Waals surface area contributed by atoms with Gasteiger partial charge in [-0.3, -0.25) is 4.79 Å². The van der Waals surface area contributed by atoms with Crippen LogP contribution in [0.15, 0.2) is 157 Å². The standard InChI is InChI=1S/C37H29NOSi/c38-37(39)32(27-16-6-1-7-17-27)26-40-35(30-22-12-4-13-23-30)33(28-18-8-2-9-19-28)34(29-20-10-3-11-21-29)36(40)31-24-14-5-15-25-31/h1-26,40H,(H2,38,39). The number of benzene rings is 5. The maximum atomic E-state index is 13.0. The summed E-state index contributed by atoms with van der Waals surface area (Å²) in [7, 11) is -2.21. The molecule has 1 aliphatic rings. The second-order valence-corrected chi connectivity index (χ2v) is 12.3. The summed E-state index contributed by atoms with van der Waals surface area (Å²) >= 11 is 0. The van der Waals surface area contributed by atoms with E-state index >= 15 is 0 Å². The van der Waals surface area contributed by atoms with E-state index in [9.17, 15) is 4.79 Å². The molecule has 0 fully saturated rings. The molecule has 1 heterocycles. The van der Waals surface area contributed by atoms with Crippen LogP contribution in [-0.2, 0) is 4.79 Å². The lowest BCUT2D eigenvalue weighted by atomic mass is 9.89. The lowest BCUT2D eigenvalue weighted by Gasteiger charge is -2.18. The van der Waals surface area contributed by atoms with Gasteiger partial charge in [-0.1, -0.05) is 157 Å². The number of hydrogen-bond donors (Lipinski definition) is 1. The van der Waals surface area contributed by atoms with Gasteiger partial charge in [0.15, 0.2) is 0 Å². The Morgan fingerprint density at radius 1 is 0.475 bits per heavy atom. The molecule has 0 atom stereocenters. The number of nitrogens with two attached hydrogens (primary N) is 1. The lowest BCUT2D eigenvalue weighted by Crippen LogP contribution is -2.20. The number of carbonyl (C=O) groups excluding carboxylic acids is 1. The average Bonchev–Trinajstić information content (AvgIpc) is 3.36. The Morgan fingerprint density at radius 2 is 0.800 bits per heavy atom. The van der Waals surface area contributed by atoms with E-state index in [1.807, 2.05) is 30.3 Å². The normalized spacial score (nSPS) is 14.1. The molecular weight excluding hydrogens is 502 g/mol. The maximum absolute atomic E-state index is 13.0. The highest BCUT2D eigenvalue weighted by Crippen LogP contribution is 2.51. The van der Waals surface area contributed by atoms with Crippen LogP contribution in [0.1, 0.15) is 27.8 Å². The SMILES string of the molecule is NC(=O)C(=C[SiH]1C(c2ccccc2)=C(c2ccccc2)C(c2ccccc2)=C1c1ccccc1)c1ccccc1. The van der Waals surface area contributed by atoms with Crippen LogP contribution < -0.4 is 5.73 Å². The molecule has 5 aromatic carbocycles. The summed E-state index contributed by atoms with van der Waals surface area (Å²) in [5.74, 6) is -0.409. The van der Waals surface area contributed by atoms with Crippen molar-refractivity contribution in [3.63, 3.8) is 0 Å². The van der Waals surface area contributed by atoms with E-state index in [0.29, 0.717) is 5.57 Å². The summed E-state index contributed by atoms with van der Waals surface area (Å²) in [5.41, 5.74) is 16.8. The molecule has 1 aliphatic heterocycles. The molecule has 1 amide bonds. The second-order valence-electron chi connectivity index (χ2n) is 9.83. The van der Waals surface area contributed by atoms with E-state index < -0.39 is 14.7 Å². The minimum atomic E-state index is -2.21. The largest absolute Gasteiger partial charge is 0.366 e. The van der Waals surface area contributed by atoms with Crippen molar-refractivity contribution in [2.75, 3.05) is 0 Å². The minimum absolute atomic E-state index is 0.409. The first-order valence-corrected chi connectivity index (χ1v) is 15.3. The van der Waals surface area contributed by atoms with E-state index in [0.717, 1.165) is 16.7 Å². The monoisotopic (exact) mass is 531 g/mol. The summed E-state index contributed by atoms with van der Waals surface area (Å²) in [5, 5.41) is 2.58. The minimum Gasteiger partial charge on any atom is -0.366 e. The maximum Gasteiger partial charge on any atom is 0.248 e. The zero-order valence-electron chi connectivity index (χ0n) is 22.1. The summed E-state index contributed by atoms with van der Waals surface area (Å²) in [4.78, 5) is 13.0. The van der Waals surface area contributed by atoms with Crippen molar-refractivity contribution in [1.82, 2.24) is 0 Å². The molecule has 0 radical (unpaired) electrons. The van der Waals surface area contributed by atoms with Crippen LogP contribution in [0, 0.1) is 0 Å². The van der Waals surface area contributed by atoms with Gasteiger partial charge in [0, 0.05) is 5.57 Å². The Labute approximate surface area is 237 Å². The third-order valence-corrected chi connectivity index (χ3v) is 10.5. The van der Waals surface area contributed by atoms with Crippen molar-refractivity contribution in [2.24, 2.45) is 5.73 Å². The molecule has 40 heavy (non-hydrogen) atoms. The molecule has 0 aliphatic carbocycles. The molecule has 0 saturated carbocycles. The van der Waals surface area contributed by atoms with E-state index in [4.69, 9.17) is 5.73 Å². The van der Waals surface area contributed by atoms with Crippen LogP contribution in [-0.4, -0.2) is 14.7 Å². The highest BCUT2D eigenvalue weighted by atomic mass is 28.3. The quantitative estimate of drug-likeness (QED) is 0.170. The highest BCUT2D eigenvalue weighted by molar-refractivity contribution is 7.04. The van der Waals surface area contributed by atoms with Gasteiger partial charge in [0.05, 0.1) is 0 Å². The van der Waals surface area contributed by atoms with Crippen LogP contribution in [0.4, 0.5) is 0 Å². The summed E-state index contributed by atoms with van der Waals surface area (Å²) in [6, 6.07) is 52.3. The van der Waals surface area contributed by atoms with Gasteiger partial charge < -0.3 is 5.73 Å². The summed E-state index contributed by atoms with van der Waals surface area (Å²) < 4.78 is 0. The first-order valence-electron chi connectivity index (χ1n) is 13.5. The third kappa shape index (κ3) is 4.91. The van der Waals surface area contributed by atoms with Crippen LogP contribution in [0.3, 0.4) is 0 Å². The van der Waals surface area contributed by atoms with Crippen molar-refractivity contribution in [3.8, 4) is 0 Å². The molecule has 0 aromatic heterocycles. The lowest BCUT2D eigenvalue weighted by molar-refractivity contribution is -0.112. The van der Waals surface area contributed by atoms with Gasteiger partial charge in [-0.05, 0) is 49.4 Å². The van der Waals surface area contributed by atoms with E-state index in [1.54, 1.807) is 0 Å². The second kappa shape index (κ2) is 11.4. The average molecular weight is 532 g/mol. The molecule has 2 N–H and O–H groups in total. The Balaban J connectivity index is 1.76. The predicted octanol–water partition coefficient (Wildman–Crippen LogP) is 7.64. The number of amides is 1. The topological polar surface area (TPSA) is 43.1 Å². The van der Waals surface area contributed by atoms with Gasteiger partial charge in [-0.25, -0.2) is 0 Å². The zero-order chi connectivity index (χ0) is 27.3. The Hall–Kier alpha value is -4.99. The fourth-order valence-electron chi connectivity index (χ4n) is 5.69. The smallest absolute Gasteiger partial charge is 0.248 e. The molecule has 5 aromatic rings. The molecule has 0 unspecified atom stereocenters. The van der Waals surface area contributed by atoms with Gasteiger partial charge in [0.25, 0.3) is 0 Å². The zero-order valence-corrected chi connectivity index (χ0v) is 23.2. The third-order valence-electron chi connectivity index (χ3n) is 7.39. The van der Waals surface area contributed by atoms with E-state index in [-0.39, 0.29) is 0 Å². The van der Waals surface area contributed by atoms with Crippen molar-refractivity contribution in [1.29, 1.82) is 0 Å². The molecule has 192 valence electrons. The number of hydrogen-bond acceptors (Lipinski definition) is 1. The number of carbonyl (C=O) groups is 1. The summed E-state index contributed by atoms with van der Waals surface area (Å²) in [6.45, 7) is 0. The van der Waals surface area contributed by atoms with E-state index in [1.165, 1.54) is 32.7 Å². The van der Waals surface area contributed by atoms with Gasteiger partial charge in [0.1, 0.15) is 8.80 Å².